The average molecular weight is 322 g/mol. The van der Waals surface area contributed by atoms with E-state index in [9.17, 15) is 4.79 Å². The highest BCUT2D eigenvalue weighted by Crippen LogP contribution is 2.40. The van der Waals surface area contributed by atoms with E-state index in [2.05, 4.69) is 15.1 Å². The first-order chi connectivity index (χ1) is 11.8. The van der Waals surface area contributed by atoms with Crippen LogP contribution < -0.4 is 0 Å². The first-order valence-electron chi connectivity index (χ1n) is 8.52. The van der Waals surface area contributed by atoms with Gasteiger partial charge < -0.3 is 14.4 Å². The second-order valence-corrected chi connectivity index (χ2v) is 6.67. The van der Waals surface area contributed by atoms with E-state index < -0.39 is 0 Å². The third-order valence-corrected chi connectivity index (χ3v) is 5.02. The van der Waals surface area contributed by atoms with Crippen molar-refractivity contribution in [3.63, 3.8) is 0 Å². The molecule has 0 radical (unpaired) electrons. The van der Waals surface area contributed by atoms with E-state index in [0.717, 1.165) is 49.0 Å². The Balaban J connectivity index is 1.46. The van der Waals surface area contributed by atoms with Gasteiger partial charge in [0.25, 0.3) is 5.91 Å². The molecule has 0 bridgehead atoms. The molecule has 1 aromatic carbocycles. The SMILES string of the molecule is O=C(c1c[nH]c2ccccc12)N1CCCC1c1nc(C2CC2)no1. The number of H-pyrrole nitrogens is 1. The van der Waals surface area contributed by atoms with Crippen molar-refractivity contribution >= 4 is 16.8 Å². The largest absolute Gasteiger partial charge is 0.360 e. The number of aromatic amines is 1. The summed E-state index contributed by atoms with van der Waals surface area (Å²) in [5.74, 6) is 1.88. The summed E-state index contributed by atoms with van der Waals surface area (Å²) in [6.07, 6.45) is 5.91. The lowest BCUT2D eigenvalue weighted by Gasteiger charge is -2.21. The quantitative estimate of drug-likeness (QED) is 0.802. The zero-order chi connectivity index (χ0) is 16.1. The van der Waals surface area contributed by atoms with Crippen LogP contribution in [0.4, 0.5) is 0 Å². The van der Waals surface area contributed by atoms with Crippen molar-refractivity contribution in [1.29, 1.82) is 0 Å². The van der Waals surface area contributed by atoms with Crippen LogP contribution in [0.3, 0.4) is 0 Å². The second-order valence-electron chi connectivity index (χ2n) is 6.67. The smallest absolute Gasteiger partial charge is 0.256 e. The highest BCUT2D eigenvalue weighted by Gasteiger charge is 2.37. The monoisotopic (exact) mass is 322 g/mol. The van der Waals surface area contributed by atoms with Gasteiger partial charge in [-0.25, -0.2) is 0 Å². The molecule has 5 rings (SSSR count). The van der Waals surface area contributed by atoms with Gasteiger partial charge in [0.2, 0.25) is 5.89 Å². The number of rotatable bonds is 3. The van der Waals surface area contributed by atoms with Crippen LogP contribution in [0.5, 0.6) is 0 Å². The minimum absolute atomic E-state index is 0.0288. The van der Waals surface area contributed by atoms with Crippen molar-refractivity contribution in [2.24, 2.45) is 0 Å². The van der Waals surface area contributed by atoms with Gasteiger partial charge in [0, 0.05) is 29.6 Å². The number of benzene rings is 1. The molecule has 6 nitrogen and oxygen atoms in total. The van der Waals surface area contributed by atoms with Gasteiger partial charge >= 0.3 is 0 Å². The molecule has 122 valence electrons. The number of nitrogens with zero attached hydrogens (tertiary/aromatic N) is 3. The minimum Gasteiger partial charge on any atom is -0.360 e. The zero-order valence-corrected chi connectivity index (χ0v) is 13.2. The Hall–Kier alpha value is -2.63. The van der Waals surface area contributed by atoms with Gasteiger partial charge in [-0.2, -0.15) is 4.98 Å². The third kappa shape index (κ3) is 2.13. The summed E-state index contributed by atoms with van der Waals surface area (Å²) in [5.41, 5.74) is 1.69. The van der Waals surface area contributed by atoms with E-state index in [1.54, 1.807) is 6.20 Å². The maximum absolute atomic E-state index is 13.1. The predicted octanol–water partition coefficient (Wildman–Crippen LogP) is 3.41. The van der Waals surface area contributed by atoms with Gasteiger partial charge in [0.1, 0.15) is 6.04 Å². The fourth-order valence-corrected chi connectivity index (χ4v) is 3.56. The number of amides is 1. The van der Waals surface area contributed by atoms with Gasteiger partial charge in [-0.15, -0.1) is 0 Å². The third-order valence-electron chi connectivity index (χ3n) is 5.02. The molecule has 1 aliphatic heterocycles. The molecule has 6 heteroatoms. The number of carbonyl (C=O) groups excluding carboxylic acids is 1. The number of aromatic nitrogens is 3. The predicted molar refractivity (Wildman–Crippen MR) is 87.6 cm³/mol. The Morgan fingerprint density at radius 2 is 2.12 bits per heavy atom. The van der Waals surface area contributed by atoms with Crippen LogP contribution in [0.15, 0.2) is 35.0 Å². The van der Waals surface area contributed by atoms with Gasteiger partial charge in [-0.05, 0) is 31.7 Å². The molecule has 1 aliphatic carbocycles. The molecule has 1 atom stereocenters. The molecule has 1 unspecified atom stereocenters. The normalized spacial score (nSPS) is 20.8. The van der Waals surface area contributed by atoms with E-state index in [1.807, 2.05) is 29.2 Å². The van der Waals surface area contributed by atoms with Crippen LogP contribution in [0.1, 0.15) is 59.7 Å². The van der Waals surface area contributed by atoms with Crippen LogP contribution in [0.25, 0.3) is 10.9 Å². The van der Waals surface area contributed by atoms with Gasteiger partial charge in [-0.3, -0.25) is 4.79 Å². The molecule has 2 fully saturated rings. The Bertz CT molecular complexity index is 909. The lowest BCUT2D eigenvalue weighted by molar-refractivity contribution is 0.0712. The van der Waals surface area contributed by atoms with Crippen LogP contribution in [0.2, 0.25) is 0 Å². The number of hydrogen-bond acceptors (Lipinski definition) is 4. The Morgan fingerprint density at radius 1 is 1.25 bits per heavy atom. The molecule has 0 spiro atoms. The molecule has 2 aromatic heterocycles. The number of fused-ring (bicyclic) bond motifs is 1. The maximum atomic E-state index is 13.1. The number of hydrogen-bond donors (Lipinski definition) is 1. The van der Waals surface area contributed by atoms with Gasteiger partial charge in [0.05, 0.1) is 5.56 Å². The standard InChI is InChI=1S/C18H18N4O2/c23-18(13-10-19-14-5-2-1-4-12(13)14)22-9-3-6-15(22)17-20-16(21-24-17)11-7-8-11/h1-2,4-5,10-11,15,19H,3,6-9H2. The summed E-state index contributed by atoms with van der Waals surface area (Å²) in [6.45, 7) is 0.726. The molecule has 3 heterocycles. The average Bonchev–Trinajstić information content (AvgIpc) is 3.06. The summed E-state index contributed by atoms with van der Waals surface area (Å²) in [4.78, 5) is 22.7. The first kappa shape index (κ1) is 13.8. The zero-order valence-electron chi connectivity index (χ0n) is 13.2. The van der Waals surface area contributed by atoms with E-state index >= 15 is 0 Å². The summed E-state index contributed by atoms with van der Waals surface area (Å²) in [7, 11) is 0. The molecule has 2 aliphatic rings. The lowest BCUT2D eigenvalue weighted by Crippen LogP contribution is -2.30. The molecule has 1 amide bonds. The highest BCUT2D eigenvalue weighted by atomic mass is 16.5. The van der Waals surface area contributed by atoms with E-state index in [-0.39, 0.29) is 11.9 Å². The molecular formula is C18H18N4O2. The molecular weight excluding hydrogens is 304 g/mol. The van der Waals surface area contributed by atoms with Crippen molar-refractivity contribution in [2.75, 3.05) is 6.54 Å². The maximum Gasteiger partial charge on any atom is 0.256 e. The first-order valence-corrected chi connectivity index (χ1v) is 8.52. The highest BCUT2D eigenvalue weighted by molar-refractivity contribution is 6.06. The summed E-state index contributed by atoms with van der Waals surface area (Å²) >= 11 is 0. The van der Waals surface area contributed by atoms with Crippen LogP contribution in [-0.2, 0) is 0 Å². The van der Waals surface area contributed by atoms with Crippen LogP contribution in [-0.4, -0.2) is 32.5 Å². The van der Waals surface area contributed by atoms with Gasteiger partial charge in [-0.1, -0.05) is 23.4 Å². The summed E-state index contributed by atoms with van der Waals surface area (Å²) in [5, 5.41) is 5.05. The Labute approximate surface area is 138 Å². The Kier molecular flexibility index (Phi) is 2.98. The topological polar surface area (TPSA) is 75.0 Å². The van der Waals surface area contributed by atoms with E-state index in [1.165, 1.54) is 0 Å². The Morgan fingerprint density at radius 3 is 3.00 bits per heavy atom. The molecule has 1 saturated carbocycles. The fourth-order valence-electron chi connectivity index (χ4n) is 3.56. The summed E-state index contributed by atoms with van der Waals surface area (Å²) in [6, 6.07) is 7.76. The number of likely N-dealkylation sites (tertiary alicyclic amines) is 1. The van der Waals surface area contributed by atoms with E-state index in [0.29, 0.717) is 17.4 Å². The molecule has 3 aromatic rings. The minimum atomic E-state index is -0.105. The number of nitrogens with one attached hydrogen (secondary N) is 1. The number of carbonyl (C=O) groups is 1. The van der Waals surface area contributed by atoms with Crippen molar-refractivity contribution in [2.45, 2.75) is 37.6 Å². The van der Waals surface area contributed by atoms with Crippen molar-refractivity contribution in [3.8, 4) is 0 Å². The van der Waals surface area contributed by atoms with Crippen molar-refractivity contribution in [1.82, 2.24) is 20.0 Å². The van der Waals surface area contributed by atoms with Crippen molar-refractivity contribution < 1.29 is 9.32 Å². The van der Waals surface area contributed by atoms with E-state index in [4.69, 9.17) is 4.52 Å². The number of para-hydroxylation sites is 1. The fraction of sp³-hybridized carbons (Fsp3) is 0.389. The van der Waals surface area contributed by atoms with Crippen LogP contribution >= 0.6 is 0 Å². The summed E-state index contributed by atoms with van der Waals surface area (Å²) < 4.78 is 5.47. The van der Waals surface area contributed by atoms with Gasteiger partial charge in [0.15, 0.2) is 5.82 Å². The second kappa shape index (κ2) is 5.19. The lowest BCUT2D eigenvalue weighted by atomic mass is 10.1. The molecule has 24 heavy (non-hydrogen) atoms. The van der Waals surface area contributed by atoms with Crippen LogP contribution in [0, 0.1) is 0 Å². The molecule has 1 saturated heterocycles. The van der Waals surface area contributed by atoms with Crippen molar-refractivity contribution in [3.05, 3.63) is 47.7 Å². The molecule has 1 N–H and O–H groups in total.